The van der Waals surface area contributed by atoms with Gasteiger partial charge in [-0.3, -0.25) is 9.69 Å². The van der Waals surface area contributed by atoms with E-state index in [0.717, 1.165) is 24.8 Å². The van der Waals surface area contributed by atoms with E-state index >= 15 is 0 Å². The number of halogens is 2. The van der Waals surface area contributed by atoms with Crippen LogP contribution in [-0.2, 0) is 10.3 Å². The molecule has 1 saturated carbocycles. The number of rotatable bonds is 2. The standard InChI is InChI=1S/C14H18ClNO.ClH/c1-16(2)14(10-6-5-9-13(14)17)11-7-3-4-8-12(11)15;/h3-4,7-8H,5-6,9-10H2,1-2H3;1H/t14-;/m0./s1. The molecule has 0 bridgehead atoms. The minimum absolute atomic E-state index is 0. The van der Waals surface area contributed by atoms with Gasteiger partial charge in [-0.2, -0.15) is 0 Å². The molecule has 0 heterocycles. The highest BCUT2D eigenvalue weighted by atomic mass is 35.5. The second-order valence-electron chi connectivity index (χ2n) is 4.86. The SMILES string of the molecule is CN(C)[C@]1(c2ccccc2Cl)CCCCC1=O.Cl. The quantitative estimate of drug-likeness (QED) is 0.827. The number of ketones is 1. The summed E-state index contributed by atoms with van der Waals surface area (Å²) in [4.78, 5) is 14.4. The van der Waals surface area contributed by atoms with Gasteiger partial charge in [0.1, 0.15) is 5.54 Å². The Morgan fingerprint density at radius 1 is 1.22 bits per heavy atom. The van der Waals surface area contributed by atoms with Crippen LogP contribution >= 0.6 is 24.0 Å². The highest BCUT2D eigenvalue weighted by Gasteiger charge is 2.44. The Labute approximate surface area is 120 Å². The van der Waals surface area contributed by atoms with Crippen molar-refractivity contribution in [3.8, 4) is 0 Å². The molecule has 1 aromatic rings. The lowest BCUT2D eigenvalue weighted by molar-refractivity contribution is -0.133. The van der Waals surface area contributed by atoms with E-state index in [9.17, 15) is 4.79 Å². The molecule has 1 aliphatic carbocycles. The van der Waals surface area contributed by atoms with Crippen molar-refractivity contribution in [2.75, 3.05) is 14.1 Å². The molecule has 1 fully saturated rings. The molecule has 0 spiro atoms. The van der Waals surface area contributed by atoms with Gasteiger partial charge >= 0.3 is 0 Å². The Kier molecular flexibility index (Phi) is 5.20. The molecule has 18 heavy (non-hydrogen) atoms. The lowest BCUT2D eigenvalue weighted by Crippen LogP contribution is -2.50. The first kappa shape index (κ1) is 15.5. The van der Waals surface area contributed by atoms with Gasteiger partial charge in [0, 0.05) is 11.4 Å². The van der Waals surface area contributed by atoms with Crippen molar-refractivity contribution in [2.24, 2.45) is 0 Å². The fourth-order valence-corrected chi connectivity index (χ4v) is 3.10. The van der Waals surface area contributed by atoms with E-state index < -0.39 is 5.54 Å². The Bertz CT molecular complexity index is 434. The maximum absolute atomic E-state index is 12.4. The zero-order valence-corrected chi connectivity index (χ0v) is 12.4. The normalized spacial score (nSPS) is 23.9. The van der Waals surface area contributed by atoms with Crippen molar-refractivity contribution in [2.45, 2.75) is 31.2 Å². The van der Waals surface area contributed by atoms with E-state index in [-0.39, 0.29) is 12.4 Å². The lowest BCUT2D eigenvalue weighted by atomic mass is 9.74. The minimum atomic E-state index is -0.517. The third kappa shape index (κ3) is 2.42. The molecule has 0 unspecified atom stereocenters. The number of carbonyl (C=O) groups excluding carboxylic acids is 1. The van der Waals surface area contributed by atoms with Crippen LogP contribution in [-0.4, -0.2) is 24.8 Å². The van der Waals surface area contributed by atoms with Gasteiger partial charge in [-0.1, -0.05) is 36.2 Å². The molecule has 0 N–H and O–H groups in total. The monoisotopic (exact) mass is 287 g/mol. The number of likely N-dealkylation sites (N-methyl/N-ethyl adjacent to an activating group) is 1. The smallest absolute Gasteiger partial charge is 0.157 e. The number of Topliss-reactive ketones (excluding diaryl/α,β-unsaturated/α-hetero) is 1. The van der Waals surface area contributed by atoms with Crippen LogP contribution in [0.1, 0.15) is 31.2 Å². The van der Waals surface area contributed by atoms with E-state index in [1.54, 1.807) is 0 Å². The van der Waals surface area contributed by atoms with E-state index in [1.165, 1.54) is 0 Å². The molecule has 0 radical (unpaired) electrons. The second kappa shape index (κ2) is 6.05. The van der Waals surface area contributed by atoms with Crippen LogP contribution in [0.5, 0.6) is 0 Å². The predicted octanol–water partition coefficient (Wildman–Crippen LogP) is 3.66. The summed E-state index contributed by atoms with van der Waals surface area (Å²) in [6.07, 6.45) is 3.60. The van der Waals surface area contributed by atoms with Gasteiger partial charge in [-0.25, -0.2) is 0 Å². The van der Waals surface area contributed by atoms with Crippen LogP contribution in [0.2, 0.25) is 5.02 Å². The molecule has 0 aromatic heterocycles. The third-order valence-corrected chi connectivity index (χ3v) is 4.07. The minimum Gasteiger partial charge on any atom is -0.297 e. The summed E-state index contributed by atoms with van der Waals surface area (Å²) in [5, 5.41) is 0.691. The second-order valence-corrected chi connectivity index (χ2v) is 5.27. The highest BCUT2D eigenvalue weighted by molar-refractivity contribution is 6.31. The van der Waals surface area contributed by atoms with E-state index in [4.69, 9.17) is 11.6 Å². The molecule has 2 nitrogen and oxygen atoms in total. The first-order chi connectivity index (χ1) is 8.09. The average molecular weight is 288 g/mol. The summed E-state index contributed by atoms with van der Waals surface area (Å²) in [5.41, 5.74) is 0.438. The average Bonchev–Trinajstić information content (AvgIpc) is 2.30. The zero-order chi connectivity index (χ0) is 12.5. The number of benzene rings is 1. The molecule has 4 heteroatoms. The summed E-state index contributed by atoms with van der Waals surface area (Å²) in [7, 11) is 3.93. The van der Waals surface area contributed by atoms with Crippen molar-refractivity contribution in [1.82, 2.24) is 4.90 Å². The van der Waals surface area contributed by atoms with Crippen molar-refractivity contribution in [1.29, 1.82) is 0 Å². The summed E-state index contributed by atoms with van der Waals surface area (Å²) < 4.78 is 0. The van der Waals surface area contributed by atoms with Crippen molar-refractivity contribution < 1.29 is 4.79 Å². The maximum Gasteiger partial charge on any atom is 0.157 e. The predicted molar refractivity (Wildman–Crippen MR) is 77.5 cm³/mol. The molecule has 0 saturated heterocycles. The molecular weight excluding hydrogens is 269 g/mol. The van der Waals surface area contributed by atoms with Crippen LogP contribution in [0.3, 0.4) is 0 Å². The van der Waals surface area contributed by atoms with E-state index in [2.05, 4.69) is 0 Å². The van der Waals surface area contributed by atoms with Gasteiger partial charge in [0.25, 0.3) is 0 Å². The Hall–Kier alpha value is -0.570. The highest BCUT2D eigenvalue weighted by Crippen LogP contribution is 2.41. The van der Waals surface area contributed by atoms with E-state index in [0.29, 0.717) is 17.2 Å². The van der Waals surface area contributed by atoms with Gasteiger partial charge in [-0.05, 0) is 38.6 Å². The van der Waals surface area contributed by atoms with E-state index in [1.807, 2.05) is 43.3 Å². The lowest BCUT2D eigenvalue weighted by Gasteiger charge is -2.42. The van der Waals surface area contributed by atoms with Crippen molar-refractivity contribution in [3.63, 3.8) is 0 Å². The van der Waals surface area contributed by atoms with Crippen LogP contribution in [0, 0.1) is 0 Å². The first-order valence-corrected chi connectivity index (χ1v) is 6.42. The number of hydrogen-bond acceptors (Lipinski definition) is 2. The van der Waals surface area contributed by atoms with Gasteiger partial charge in [0.05, 0.1) is 0 Å². The Morgan fingerprint density at radius 3 is 2.44 bits per heavy atom. The van der Waals surface area contributed by atoms with Gasteiger partial charge in [-0.15, -0.1) is 12.4 Å². The fraction of sp³-hybridized carbons (Fsp3) is 0.500. The van der Waals surface area contributed by atoms with Crippen LogP contribution < -0.4 is 0 Å². The summed E-state index contributed by atoms with van der Waals surface area (Å²) >= 11 is 6.28. The number of carbonyl (C=O) groups is 1. The molecule has 0 aliphatic heterocycles. The van der Waals surface area contributed by atoms with Crippen LogP contribution in [0.25, 0.3) is 0 Å². The number of hydrogen-bond donors (Lipinski definition) is 0. The van der Waals surface area contributed by atoms with Gasteiger partial charge in [0.15, 0.2) is 5.78 Å². The zero-order valence-electron chi connectivity index (χ0n) is 10.8. The Morgan fingerprint density at radius 2 is 1.89 bits per heavy atom. The number of nitrogens with zero attached hydrogens (tertiary/aromatic N) is 1. The van der Waals surface area contributed by atoms with Crippen LogP contribution in [0.15, 0.2) is 24.3 Å². The third-order valence-electron chi connectivity index (χ3n) is 3.74. The maximum atomic E-state index is 12.4. The molecule has 1 aromatic carbocycles. The van der Waals surface area contributed by atoms with Crippen molar-refractivity contribution >= 4 is 29.8 Å². The first-order valence-electron chi connectivity index (χ1n) is 6.05. The van der Waals surface area contributed by atoms with Gasteiger partial charge < -0.3 is 0 Å². The molecule has 0 amide bonds. The van der Waals surface area contributed by atoms with Crippen LogP contribution in [0.4, 0.5) is 0 Å². The molecular formula is C14H19Cl2NO. The molecule has 100 valence electrons. The molecule has 1 atom stereocenters. The van der Waals surface area contributed by atoms with Gasteiger partial charge in [0.2, 0.25) is 0 Å². The summed E-state index contributed by atoms with van der Waals surface area (Å²) in [6, 6.07) is 7.70. The fourth-order valence-electron chi connectivity index (χ4n) is 2.81. The Balaban J connectivity index is 0.00000162. The van der Waals surface area contributed by atoms with Crippen molar-refractivity contribution in [3.05, 3.63) is 34.9 Å². The molecule has 2 rings (SSSR count). The topological polar surface area (TPSA) is 20.3 Å². The summed E-state index contributed by atoms with van der Waals surface area (Å²) in [5.74, 6) is 0.293. The summed E-state index contributed by atoms with van der Waals surface area (Å²) in [6.45, 7) is 0. The largest absolute Gasteiger partial charge is 0.297 e. The molecule has 1 aliphatic rings.